The van der Waals surface area contributed by atoms with Crippen LogP contribution in [-0.4, -0.2) is 35.6 Å². The van der Waals surface area contributed by atoms with Gasteiger partial charge in [-0.15, -0.1) is 0 Å². The minimum Gasteiger partial charge on any atom is -0.493 e. The van der Waals surface area contributed by atoms with Gasteiger partial charge in [0.2, 0.25) is 5.91 Å². The lowest BCUT2D eigenvalue weighted by atomic mass is 9.97. The van der Waals surface area contributed by atoms with Crippen molar-refractivity contribution in [1.29, 1.82) is 0 Å². The van der Waals surface area contributed by atoms with E-state index in [1.807, 2.05) is 65.6 Å². The largest absolute Gasteiger partial charge is 0.493 e. The molecule has 1 aliphatic heterocycles. The van der Waals surface area contributed by atoms with Crippen LogP contribution in [0.3, 0.4) is 0 Å². The van der Waals surface area contributed by atoms with E-state index in [9.17, 15) is 9.90 Å². The van der Waals surface area contributed by atoms with Crippen molar-refractivity contribution in [2.24, 2.45) is 5.92 Å². The third-order valence-electron chi connectivity index (χ3n) is 4.75. The van der Waals surface area contributed by atoms with Crippen molar-refractivity contribution in [3.63, 3.8) is 0 Å². The van der Waals surface area contributed by atoms with Crippen LogP contribution in [0.25, 0.3) is 0 Å². The van der Waals surface area contributed by atoms with Crippen molar-refractivity contribution in [3.8, 4) is 5.75 Å². The van der Waals surface area contributed by atoms with Gasteiger partial charge in [-0.05, 0) is 36.5 Å². The van der Waals surface area contributed by atoms with E-state index in [0.717, 1.165) is 37.2 Å². The Balaban J connectivity index is 1.41. The van der Waals surface area contributed by atoms with Crippen LogP contribution >= 0.6 is 0 Å². The molecule has 0 aromatic heterocycles. The van der Waals surface area contributed by atoms with Gasteiger partial charge in [0.1, 0.15) is 5.75 Å². The number of aliphatic hydroxyl groups excluding tert-OH is 1. The molecule has 0 bridgehead atoms. The molecule has 4 heteroatoms. The van der Waals surface area contributed by atoms with E-state index in [1.54, 1.807) is 0 Å². The molecule has 25 heavy (non-hydrogen) atoms. The zero-order chi connectivity index (χ0) is 17.5. The van der Waals surface area contributed by atoms with E-state index in [0.29, 0.717) is 12.5 Å². The highest BCUT2D eigenvalue weighted by molar-refractivity contribution is 5.77. The van der Waals surface area contributed by atoms with Crippen molar-refractivity contribution in [2.75, 3.05) is 19.7 Å². The molecule has 4 nitrogen and oxygen atoms in total. The molecular weight excluding hydrogens is 314 g/mol. The fourth-order valence-corrected chi connectivity index (χ4v) is 3.17. The average molecular weight is 339 g/mol. The summed E-state index contributed by atoms with van der Waals surface area (Å²) in [4.78, 5) is 14.3. The summed E-state index contributed by atoms with van der Waals surface area (Å²) < 4.78 is 5.82. The van der Waals surface area contributed by atoms with Crippen LogP contribution in [0.4, 0.5) is 0 Å². The van der Waals surface area contributed by atoms with Crippen LogP contribution in [-0.2, 0) is 4.79 Å². The third kappa shape index (κ3) is 5.07. The predicted octanol–water partition coefficient (Wildman–Crippen LogP) is 3.43. The van der Waals surface area contributed by atoms with Crippen molar-refractivity contribution in [1.82, 2.24) is 4.90 Å². The molecule has 1 heterocycles. The molecule has 0 radical (unpaired) electrons. The van der Waals surface area contributed by atoms with Crippen molar-refractivity contribution >= 4 is 5.91 Å². The summed E-state index contributed by atoms with van der Waals surface area (Å²) in [5.41, 5.74) is 0.794. The van der Waals surface area contributed by atoms with Crippen molar-refractivity contribution < 1.29 is 14.6 Å². The highest BCUT2D eigenvalue weighted by Crippen LogP contribution is 2.22. The molecule has 1 N–H and O–H groups in total. The summed E-state index contributed by atoms with van der Waals surface area (Å²) in [6.45, 7) is 2.17. The Kier molecular flexibility index (Phi) is 6.07. The van der Waals surface area contributed by atoms with Gasteiger partial charge in [-0.25, -0.2) is 0 Å². The predicted molar refractivity (Wildman–Crippen MR) is 97.3 cm³/mol. The molecule has 2 aromatic carbocycles. The molecule has 1 unspecified atom stereocenters. The topological polar surface area (TPSA) is 49.8 Å². The Hall–Kier alpha value is -2.33. The maximum absolute atomic E-state index is 12.4. The third-order valence-corrected chi connectivity index (χ3v) is 4.75. The molecule has 1 fully saturated rings. The molecule has 1 saturated heterocycles. The zero-order valence-electron chi connectivity index (χ0n) is 14.4. The summed E-state index contributed by atoms with van der Waals surface area (Å²) in [6.07, 6.45) is 1.31. The van der Waals surface area contributed by atoms with Crippen LogP contribution in [0.5, 0.6) is 5.75 Å². The standard InChI is InChI=1S/C21H25NO3/c23-20(18-7-3-1-4-8-18)15-21(24)22-13-11-17(12-14-22)16-25-19-9-5-2-6-10-19/h1-10,17,20,23H,11-16H2. The number of carbonyl (C=O) groups is 1. The molecule has 0 spiro atoms. The van der Waals surface area contributed by atoms with E-state index in [2.05, 4.69) is 0 Å². The molecule has 3 rings (SSSR count). The molecule has 0 saturated carbocycles. The van der Waals surface area contributed by atoms with Crippen LogP contribution in [0.15, 0.2) is 60.7 Å². The maximum atomic E-state index is 12.4. The zero-order valence-corrected chi connectivity index (χ0v) is 14.4. The number of benzene rings is 2. The van der Waals surface area contributed by atoms with Crippen LogP contribution < -0.4 is 4.74 Å². The number of para-hydroxylation sites is 1. The van der Waals surface area contributed by atoms with Gasteiger partial charge in [0.15, 0.2) is 0 Å². The van der Waals surface area contributed by atoms with Gasteiger partial charge < -0.3 is 14.7 Å². The first-order valence-corrected chi connectivity index (χ1v) is 8.91. The minimum atomic E-state index is -0.729. The molecule has 1 atom stereocenters. The fourth-order valence-electron chi connectivity index (χ4n) is 3.17. The number of hydrogen-bond donors (Lipinski definition) is 1. The lowest BCUT2D eigenvalue weighted by Gasteiger charge is -2.32. The monoisotopic (exact) mass is 339 g/mol. The van der Waals surface area contributed by atoms with Gasteiger partial charge in [0.25, 0.3) is 0 Å². The number of carbonyl (C=O) groups excluding carboxylic acids is 1. The Morgan fingerprint density at radius 3 is 2.28 bits per heavy atom. The van der Waals surface area contributed by atoms with Gasteiger partial charge in [-0.2, -0.15) is 0 Å². The lowest BCUT2D eigenvalue weighted by molar-refractivity contribution is -0.134. The van der Waals surface area contributed by atoms with Crippen molar-refractivity contribution in [3.05, 3.63) is 66.2 Å². The first-order valence-electron chi connectivity index (χ1n) is 8.91. The van der Waals surface area contributed by atoms with Crippen LogP contribution in [0.1, 0.15) is 30.9 Å². The number of nitrogens with zero attached hydrogens (tertiary/aromatic N) is 1. The average Bonchev–Trinajstić information content (AvgIpc) is 2.68. The number of amides is 1. The summed E-state index contributed by atoms with van der Waals surface area (Å²) in [6, 6.07) is 19.2. The molecule has 1 aliphatic rings. The second-order valence-electron chi connectivity index (χ2n) is 6.58. The van der Waals surface area contributed by atoms with E-state index in [4.69, 9.17) is 4.74 Å². The highest BCUT2D eigenvalue weighted by Gasteiger charge is 2.25. The Bertz CT molecular complexity index is 651. The number of aliphatic hydroxyl groups is 1. The number of likely N-dealkylation sites (tertiary alicyclic amines) is 1. The van der Waals surface area contributed by atoms with E-state index in [-0.39, 0.29) is 12.3 Å². The smallest absolute Gasteiger partial charge is 0.225 e. The second kappa shape index (κ2) is 8.67. The fraction of sp³-hybridized carbons (Fsp3) is 0.381. The Labute approximate surface area is 149 Å². The van der Waals surface area contributed by atoms with Gasteiger partial charge >= 0.3 is 0 Å². The molecule has 132 valence electrons. The Morgan fingerprint density at radius 2 is 1.64 bits per heavy atom. The number of hydrogen-bond acceptors (Lipinski definition) is 3. The number of rotatable bonds is 6. The normalized spacial score (nSPS) is 16.4. The van der Waals surface area contributed by atoms with Gasteiger partial charge in [0.05, 0.1) is 19.1 Å². The molecule has 1 amide bonds. The maximum Gasteiger partial charge on any atom is 0.225 e. The lowest BCUT2D eigenvalue weighted by Crippen LogP contribution is -2.40. The Morgan fingerprint density at radius 1 is 1.04 bits per heavy atom. The SMILES string of the molecule is O=C(CC(O)c1ccccc1)N1CCC(COc2ccccc2)CC1. The van der Waals surface area contributed by atoms with Gasteiger partial charge in [-0.1, -0.05) is 48.5 Å². The second-order valence-corrected chi connectivity index (χ2v) is 6.58. The van der Waals surface area contributed by atoms with Crippen LogP contribution in [0, 0.1) is 5.92 Å². The summed E-state index contributed by atoms with van der Waals surface area (Å²) in [5, 5.41) is 10.2. The summed E-state index contributed by atoms with van der Waals surface area (Å²) >= 11 is 0. The van der Waals surface area contributed by atoms with Crippen molar-refractivity contribution in [2.45, 2.75) is 25.4 Å². The summed E-state index contributed by atoms with van der Waals surface area (Å²) in [7, 11) is 0. The van der Waals surface area contributed by atoms with E-state index >= 15 is 0 Å². The summed E-state index contributed by atoms with van der Waals surface area (Å²) in [5.74, 6) is 1.40. The highest BCUT2D eigenvalue weighted by atomic mass is 16.5. The first-order chi connectivity index (χ1) is 12.2. The quantitative estimate of drug-likeness (QED) is 0.877. The molecular formula is C21H25NO3. The number of piperidine rings is 1. The van der Waals surface area contributed by atoms with Crippen LogP contribution in [0.2, 0.25) is 0 Å². The van der Waals surface area contributed by atoms with E-state index < -0.39 is 6.10 Å². The number of ether oxygens (including phenoxy) is 1. The van der Waals surface area contributed by atoms with E-state index in [1.165, 1.54) is 0 Å². The molecule has 2 aromatic rings. The van der Waals surface area contributed by atoms with Gasteiger partial charge in [-0.3, -0.25) is 4.79 Å². The minimum absolute atomic E-state index is 0.0266. The van der Waals surface area contributed by atoms with Gasteiger partial charge in [0, 0.05) is 13.1 Å². The molecule has 0 aliphatic carbocycles. The first kappa shape index (κ1) is 17.5.